The smallest absolute Gasteiger partial charge is 0.547 e. The van der Waals surface area contributed by atoms with E-state index < -0.39 is 24.9 Å². The number of alkyl halides is 3. The number of Topliss-reactive ketones (excluding diaryl/α,β-unsaturated/α-hetero) is 1. The van der Waals surface area contributed by atoms with Crippen LogP contribution in [0, 0.1) is 5.92 Å². The van der Waals surface area contributed by atoms with Crippen molar-refractivity contribution < 1.29 is 66.9 Å². The van der Waals surface area contributed by atoms with Crippen molar-refractivity contribution in [2.45, 2.75) is 38.1 Å². The fraction of sp³-hybridized carbons (Fsp3) is 0.375. The van der Waals surface area contributed by atoms with Gasteiger partial charge in [0.05, 0.1) is 22.7 Å². The number of ketones is 1. The Morgan fingerprint density at radius 1 is 1.14 bits per heavy atom. The number of carboxylic acid groups (broad SMARTS) is 1. The van der Waals surface area contributed by atoms with E-state index in [0.717, 1.165) is 34.4 Å². The second kappa shape index (κ2) is 11.9. The van der Waals surface area contributed by atoms with Crippen molar-refractivity contribution in [2.75, 3.05) is 13.2 Å². The number of aliphatic carboxylic acids is 1. The number of hydrogen-bond donors (Lipinski definition) is 0. The molecular weight excluding hydrogens is 510 g/mol. The van der Waals surface area contributed by atoms with Crippen molar-refractivity contribution in [3.8, 4) is 5.75 Å². The zero-order chi connectivity index (χ0) is 25.2. The largest absolute Gasteiger partial charge is 1.00 e. The molecule has 0 aliphatic heterocycles. The number of carbonyl (C=O) groups excluding carboxylic acids is 2. The first-order valence-electron chi connectivity index (χ1n) is 10.9. The van der Waals surface area contributed by atoms with E-state index in [4.69, 9.17) is 4.74 Å². The number of rotatable bonds is 11. The maximum atomic E-state index is 12.4. The Kier molecular flexibility index (Phi) is 9.39. The van der Waals surface area contributed by atoms with Crippen LogP contribution in [0.15, 0.2) is 47.3 Å². The summed E-state index contributed by atoms with van der Waals surface area (Å²) in [5, 5.41) is 11.1. The van der Waals surface area contributed by atoms with Crippen molar-refractivity contribution in [1.29, 1.82) is 0 Å². The maximum Gasteiger partial charge on any atom is 1.00 e. The topological polar surface area (TPSA) is 97.7 Å². The van der Waals surface area contributed by atoms with Gasteiger partial charge in [-0.15, -0.1) is 0 Å². The molecule has 1 heterocycles. The van der Waals surface area contributed by atoms with E-state index in [2.05, 4.69) is 4.74 Å². The van der Waals surface area contributed by atoms with Crippen LogP contribution in [0.5, 0.6) is 5.75 Å². The van der Waals surface area contributed by atoms with Crippen molar-refractivity contribution in [3.63, 3.8) is 0 Å². The predicted octanol–water partition coefficient (Wildman–Crippen LogP) is -0.0214. The molecule has 7 nitrogen and oxygen atoms in total. The minimum Gasteiger partial charge on any atom is -0.547 e. The summed E-state index contributed by atoms with van der Waals surface area (Å²) in [6.45, 7) is -1.24. The molecule has 36 heavy (non-hydrogen) atoms. The van der Waals surface area contributed by atoms with Gasteiger partial charge in [0.2, 0.25) is 0 Å². The van der Waals surface area contributed by atoms with Crippen LogP contribution < -0.4 is 44.3 Å². The molecule has 0 spiro atoms. The van der Waals surface area contributed by atoms with Crippen LogP contribution in [0.1, 0.15) is 28.8 Å². The van der Waals surface area contributed by atoms with Gasteiger partial charge in [-0.05, 0) is 48.7 Å². The summed E-state index contributed by atoms with van der Waals surface area (Å²) in [6.07, 6.45) is -4.84. The van der Waals surface area contributed by atoms with Gasteiger partial charge in [0.15, 0.2) is 5.78 Å². The molecule has 0 amide bonds. The van der Waals surface area contributed by atoms with Gasteiger partial charge in [0.25, 0.3) is 0 Å². The number of thiazole rings is 1. The number of nitrogens with zero attached hydrogens (tertiary/aromatic N) is 1. The van der Waals surface area contributed by atoms with Gasteiger partial charge in [-0.1, -0.05) is 23.5 Å². The van der Waals surface area contributed by atoms with E-state index in [1.54, 1.807) is 34.9 Å². The molecule has 1 aromatic heterocycles. The minimum atomic E-state index is -4.64. The molecule has 0 N–H and O–H groups in total. The first kappa shape index (κ1) is 28.4. The van der Waals surface area contributed by atoms with Gasteiger partial charge in [-0.25, -0.2) is 0 Å². The molecule has 0 bridgehead atoms. The zero-order valence-corrected chi connectivity index (χ0v) is 22.2. The summed E-state index contributed by atoms with van der Waals surface area (Å²) in [7, 11) is 0. The molecule has 2 aromatic carbocycles. The average molecular weight is 531 g/mol. The number of aromatic nitrogens is 1. The van der Waals surface area contributed by atoms with E-state index in [0.29, 0.717) is 16.9 Å². The third-order valence-electron chi connectivity index (χ3n) is 5.54. The molecule has 1 aliphatic carbocycles. The molecule has 4 rings (SSSR count). The SMILES string of the molecule is O=C(c1ccc2c(c1)sc(=O)n2CCOc1ccc(C[C@H](OCC(F)(F)F)C(=O)[O-])cc1)C1CC1.[Na+]. The van der Waals surface area contributed by atoms with Crippen LogP contribution in [-0.4, -0.2) is 41.8 Å². The van der Waals surface area contributed by atoms with E-state index in [9.17, 15) is 32.7 Å². The fourth-order valence-electron chi connectivity index (χ4n) is 3.61. The Morgan fingerprint density at radius 3 is 2.44 bits per heavy atom. The zero-order valence-electron chi connectivity index (χ0n) is 19.4. The fourth-order valence-corrected chi connectivity index (χ4v) is 4.57. The first-order chi connectivity index (χ1) is 16.6. The molecule has 0 saturated heterocycles. The molecule has 186 valence electrons. The standard InChI is InChI=1S/C24H22F3NO6S.Na/c25-24(26,27)13-34-19(22(30)31)11-14-1-6-17(7-2-14)33-10-9-28-18-8-5-16(21(29)15-3-4-15)12-20(18)35-23(28)32;/h1-2,5-8,12,15,19H,3-4,9-11,13H2,(H,30,31);/q;+1/p-1/t19-;/m0./s1. The average Bonchev–Trinajstić information content (AvgIpc) is 3.60. The molecule has 0 radical (unpaired) electrons. The number of benzene rings is 2. The van der Waals surface area contributed by atoms with Crippen molar-refractivity contribution >= 4 is 33.3 Å². The number of ether oxygens (including phenoxy) is 2. The molecule has 0 unspecified atom stereocenters. The van der Waals surface area contributed by atoms with Crippen LogP contribution in [0.3, 0.4) is 0 Å². The Labute approximate surface area is 230 Å². The van der Waals surface area contributed by atoms with Crippen LogP contribution >= 0.6 is 11.3 Å². The van der Waals surface area contributed by atoms with Crippen molar-refractivity contribution in [2.24, 2.45) is 5.92 Å². The Morgan fingerprint density at radius 2 is 1.83 bits per heavy atom. The molecule has 1 atom stereocenters. The number of carboxylic acids is 1. The van der Waals surface area contributed by atoms with Gasteiger partial charge in [-0.2, -0.15) is 13.2 Å². The van der Waals surface area contributed by atoms with Crippen molar-refractivity contribution in [1.82, 2.24) is 4.57 Å². The van der Waals surface area contributed by atoms with Gasteiger partial charge in [-0.3, -0.25) is 14.2 Å². The third kappa shape index (κ3) is 7.42. The van der Waals surface area contributed by atoms with Crippen LogP contribution in [0.25, 0.3) is 10.2 Å². The second-order valence-electron chi connectivity index (χ2n) is 8.27. The van der Waals surface area contributed by atoms with Gasteiger partial charge < -0.3 is 19.4 Å². The second-order valence-corrected chi connectivity index (χ2v) is 9.26. The first-order valence-corrected chi connectivity index (χ1v) is 11.7. The van der Waals surface area contributed by atoms with E-state index >= 15 is 0 Å². The van der Waals surface area contributed by atoms with E-state index in [1.807, 2.05) is 0 Å². The minimum absolute atomic E-state index is 0. The predicted molar refractivity (Wildman–Crippen MR) is 120 cm³/mol. The molecule has 12 heteroatoms. The molecule has 3 aromatic rings. The maximum absolute atomic E-state index is 12.4. The van der Waals surface area contributed by atoms with Gasteiger partial charge in [0, 0.05) is 17.9 Å². The van der Waals surface area contributed by atoms with Crippen LogP contribution in [0.4, 0.5) is 13.2 Å². The summed E-state index contributed by atoms with van der Waals surface area (Å²) in [5.41, 5.74) is 1.78. The third-order valence-corrected chi connectivity index (χ3v) is 6.48. The Hall–Kier alpha value is -2.18. The summed E-state index contributed by atoms with van der Waals surface area (Å²) in [4.78, 5) is 35.6. The van der Waals surface area contributed by atoms with E-state index in [1.165, 1.54) is 12.1 Å². The number of fused-ring (bicyclic) bond motifs is 1. The van der Waals surface area contributed by atoms with Gasteiger partial charge >= 0.3 is 40.6 Å². The Bertz CT molecular complexity index is 1280. The Balaban J connectivity index is 0.00000361. The normalized spacial score (nSPS) is 14.3. The van der Waals surface area contributed by atoms with Gasteiger partial charge in [0.1, 0.15) is 25.1 Å². The van der Waals surface area contributed by atoms with Crippen LogP contribution in [0.2, 0.25) is 0 Å². The summed E-state index contributed by atoms with van der Waals surface area (Å²) >= 11 is 1.07. The number of hydrogen-bond acceptors (Lipinski definition) is 7. The summed E-state index contributed by atoms with van der Waals surface area (Å²) in [5.74, 6) is -1.07. The summed E-state index contributed by atoms with van der Waals surface area (Å²) < 4.78 is 49.3. The molecule has 1 fully saturated rings. The van der Waals surface area contributed by atoms with Crippen molar-refractivity contribution in [3.05, 3.63) is 63.3 Å². The summed E-state index contributed by atoms with van der Waals surface area (Å²) in [6, 6.07) is 11.4. The molecule has 1 saturated carbocycles. The quantitative estimate of drug-likeness (QED) is 0.255. The molecular formula is C24H21F3NNaO6S. The molecule has 1 aliphatic rings. The van der Waals surface area contributed by atoms with Crippen LogP contribution in [-0.2, 0) is 22.5 Å². The number of carbonyl (C=O) groups is 2. The van der Waals surface area contributed by atoms with E-state index in [-0.39, 0.29) is 65.7 Å². The number of halogens is 3. The monoisotopic (exact) mass is 531 g/mol.